The zero-order valence-corrected chi connectivity index (χ0v) is 15.2. The Morgan fingerprint density at radius 3 is 2.44 bits per heavy atom. The molecule has 0 aliphatic carbocycles. The van der Waals surface area contributed by atoms with E-state index in [0.717, 1.165) is 12.1 Å². The largest absolute Gasteiger partial charge is 0.370 e. The van der Waals surface area contributed by atoms with Gasteiger partial charge in [0, 0.05) is 6.54 Å². The summed E-state index contributed by atoms with van der Waals surface area (Å²) in [6.07, 6.45) is -0.494. The van der Waals surface area contributed by atoms with Crippen LogP contribution in [0.2, 0.25) is 0 Å². The Balaban J connectivity index is 1.86. The lowest BCUT2D eigenvalue weighted by molar-refractivity contribution is -0.144. The molecule has 0 saturated carbocycles. The van der Waals surface area contributed by atoms with E-state index in [4.69, 9.17) is 4.74 Å². The number of rotatable bonds is 4. The predicted molar refractivity (Wildman–Crippen MR) is 94.5 cm³/mol. The molecule has 4 nitrogen and oxygen atoms in total. The van der Waals surface area contributed by atoms with Crippen LogP contribution in [-0.4, -0.2) is 49.5 Å². The van der Waals surface area contributed by atoms with E-state index in [-0.39, 0.29) is 24.5 Å². The third-order valence-corrected chi connectivity index (χ3v) is 4.62. The van der Waals surface area contributed by atoms with Gasteiger partial charge in [-0.2, -0.15) is 0 Å². The van der Waals surface area contributed by atoms with Gasteiger partial charge in [0.25, 0.3) is 0 Å². The first kappa shape index (κ1) is 19.4. The molecule has 1 fully saturated rings. The van der Waals surface area contributed by atoms with E-state index in [9.17, 15) is 18.0 Å². The molecule has 1 aliphatic heterocycles. The molecule has 0 aromatic heterocycles. The van der Waals surface area contributed by atoms with Crippen LogP contribution in [0.4, 0.5) is 13.2 Å². The SMILES string of the molecule is CN(C)[C@H](C(=O)N1CCO[C@H](c2cccc(F)c2)C1)c1c(F)cccc1F. The molecule has 7 heteroatoms. The van der Waals surface area contributed by atoms with Crippen LogP contribution in [0, 0.1) is 17.5 Å². The third kappa shape index (κ3) is 4.14. The fourth-order valence-electron chi connectivity index (χ4n) is 3.31. The molecule has 0 bridgehead atoms. The van der Waals surface area contributed by atoms with Gasteiger partial charge in [0.2, 0.25) is 5.91 Å². The van der Waals surface area contributed by atoms with Crippen molar-refractivity contribution in [1.29, 1.82) is 0 Å². The van der Waals surface area contributed by atoms with E-state index < -0.39 is 29.7 Å². The molecule has 1 aliphatic rings. The molecular formula is C20H21F3N2O2. The minimum absolute atomic E-state index is 0.183. The average molecular weight is 378 g/mol. The zero-order valence-electron chi connectivity index (χ0n) is 15.2. The molecule has 27 heavy (non-hydrogen) atoms. The summed E-state index contributed by atoms with van der Waals surface area (Å²) in [5.74, 6) is -2.35. The summed E-state index contributed by atoms with van der Waals surface area (Å²) in [6.45, 7) is 0.737. The minimum Gasteiger partial charge on any atom is -0.370 e. The van der Waals surface area contributed by atoms with Gasteiger partial charge in [0.1, 0.15) is 29.6 Å². The third-order valence-electron chi connectivity index (χ3n) is 4.62. The van der Waals surface area contributed by atoms with E-state index in [1.807, 2.05) is 0 Å². The van der Waals surface area contributed by atoms with E-state index in [2.05, 4.69) is 0 Å². The number of likely N-dealkylation sites (N-methyl/N-ethyl adjacent to an activating group) is 1. The van der Waals surface area contributed by atoms with Gasteiger partial charge in [-0.3, -0.25) is 9.69 Å². The maximum atomic E-state index is 14.3. The summed E-state index contributed by atoms with van der Waals surface area (Å²) in [5.41, 5.74) is 0.340. The molecule has 0 radical (unpaired) electrons. The van der Waals surface area contributed by atoms with Crippen molar-refractivity contribution >= 4 is 5.91 Å². The second-order valence-electron chi connectivity index (χ2n) is 6.70. The maximum absolute atomic E-state index is 14.3. The van der Waals surface area contributed by atoms with Crippen molar-refractivity contribution in [2.75, 3.05) is 33.8 Å². The number of amides is 1. The Morgan fingerprint density at radius 1 is 1.15 bits per heavy atom. The van der Waals surface area contributed by atoms with Crippen molar-refractivity contribution < 1.29 is 22.7 Å². The quantitative estimate of drug-likeness (QED) is 0.818. The zero-order chi connectivity index (χ0) is 19.6. The first-order valence-corrected chi connectivity index (χ1v) is 8.64. The predicted octanol–water partition coefficient (Wildman–Crippen LogP) is 3.31. The van der Waals surface area contributed by atoms with Gasteiger partial charge in [-0.25, -0.2) is 13.2 Å². The van der Waals surface area contributed by atoms with Crippen LogP contribution in [0.15, 0.2) is 42.5 Å². The van der Waals surface area contributed by atoms with Crippen molar-refractivity contribution in [3.8, 4) is 0 Å². The molecule has 0 N–H and O–H groups in total. The molecule has 2 atom stereocenters. The van der Waals surface area contributed by atoms with Crippen LogP contribution in [0.3, 0.4) is 0 Å². The highest BCUT2D eigenvalue weighted by molar-refractivity contribution is 5.83. The summed E-state index contributed by atoms with van der Waals surface area (Å²) in [6, 6.07) is 8.43. The van der Waals surface area contributed by atoms with Crippen molar-refractivity contribution in [2.45, 2.75) is 12.1 Å². The number of morpholine rings is 1. The van der Waals surface area contributed by atoms with E-state index >= 15 is 0 Å². The number of nitrogens with zero attached hydrogens (tertiary/aromatic N) is 2. The Kier molecular flexibility index (Phi) is 5.82. The van der Waals surface area contributed by atoms with E-state index in [0.29, 0.717) is 12.1 Å². The van der Waals surface area contributed by atoms with E-state index in [1.54, 1.807) is 26.2 Å². The highest BCUT2D eigenvalue weighted by Gasteiger charge is 2.35. The monoisotopic (exact) mass is 378 g/mol. The fourth-order valence-corrected chi connectivity index (χ4v) is 3.31. The Morgan fingerprint density at radius 2 is 1.81 bits per heavy atom. The number of hydrogen-bond donors (Lipinski definition) is 0. The number of benzene rings is 2. The minimum atomic E-state index is -1.10. The normalized spacial score (nSPS) is 18.6. The van der Waals surface area contributed by atoms with E-state index in [1.165, 1.54) is 28.0 Å². The lowest BCUT2D eigenvalue weighted by Gasteiger charge is -2.37. The Bertz CT molecular complexity index is 808. The van der Waals surface area contributed by atoms with Crippen LogP contribution < -0.4 is 0 Å². The number of halogens is 3. The van der Waals surface area contributed by atoms with Gasteiger partial charge in [0.15, 0.2) is 0 Å². The van der Waals surface area contributed by atoms with Crippen LogP contribution in [0.5, 0.6) is 0 Å². The van der Waals surface area contributed by atoms with Gasteiger partial charge in [0.05, 0.1) is 18.7 Å². The molecule has 144 valence electrons. The molecule has 3 rings (SSSR count). The van der Waals surface area contributed by atoms with Gasteiger partial charge >= 0.3 is 0 Å². The summed E-state index contributed by atoms with van der Waals surface area (Å²) in [4.78, 5) is 16.1. The van der Waals surface area contributed by atoms with Crippen LogP contribution in [-0.2, 0) is 9.53 Å². The first-order chi connectivity index (χ1) is 12.9. The lowest BCUT2D eigenvalue weighted by atomic mass is 10.0. The molecule has 2 aromatic carbocycles. The maximum Gasteiger partial charge on any atom is 0.244 e. The fraction of sp³-hybridized carbons (Fsp3) is 0.350. The van der Waals surface area contributed by atoms with Crippen molar-refractivity contribution in [3.63, 3.8) is 0 Å². The van der Waals surface area contributed by atoms with Crippen LogP contribution in [0.1, 0.15) is 23.3 Å². The average Bonchev–Trinajstić information content (AvgIpc) is 2.64. The number of ether oxygens (including phenoxy) is 1. The van der Waals surface area contributed by atoms with Crippen LogP contribution >= 0.6 is 0 Å². The Labute approximate surface area is 156 Å². The smallest absolute Gasteiger partial charge is 0.244 e. The van der Waals surface area contributed by atoms with Gasteiger partial charge in [-0.05, 0) is 43.9 Å². The highest BCUT2D eigenvalue weighted by Crippen LogP contribution is 2.29. The molecular weight excluding hydrogens is 357 g/mol. The van der Waals surface area contributed by atoms with Gasteiger partial charge < -0.3 is 9.64 Å². The molecule has 1 amide bonds. The summed E-state index contributed by atoms with van der Waals surface area (Å²) in [5, 5.41) is 0. The van der Waals surface area contributed by atoms with Gasteiger partial charge in [-0.15, -0.1) is 0 Å². The molecule has 1 heterocycles. The van der Waals surface area contributed by atoms with Crippen molar-refractivity contribution in [3.05, 3.63) is 71.0 Å². The summed E-state index contributed by atoms with van der Waals surface area (Å²) in [7, 11) is 3.19. The number of hydrogen-bond acceptors (Lipinski definition) is 3. The first-order valence-electron chi connectivity index (χ1n) is 8.64. The van der Waals surface area contributed by atoms with Crippen molar-refractivity contribution in [1.82, 2.24) is 9.80 Å². The standard InChI is InChI=1S/C20H21F3N2O2/c1-24(2)19(18-15(22)7-4-8-16(18)23)20(26)25-9-10-27-17(12-25)13-5-3-6-14(21)11-13/h3-8,11,17,19H,9-10,12H2,1-2H3/t17-,19-/m0/s1. The molecule has 0 spiro atoms. The second kappa shape index (κ2) is 8.10. The summed E-state index contributed by atoms with van der Waals surface area (Å²) >= 11 is 0. The van der Waals surface area contributed by atoms with Crippen molar-refractivity contribution in [2.24, 2.45) is 0 Å². The van der Waals surface area contributed by atoms with Crippen LogP contribution in [0.25, 0.3) is 0 Å². The second-order valence-corrected chi connectivity index (χ2v) is 6.70. The summed E-state index contributed by atoms with van der Waals surface area (Å²) < 4.78 is 47.7. The highest BCUT2D eigenvalue weighted by atomic mass is 19.1. The topological polar surface area (TPSA) is 32.8 Å². The number of carbonyl (C=O) groups is 1. The number of carbonyl (C=O) groups excluding carboxylic acids is 1. The lowest BCUT2D eigenvalue weighted by Crippen LogP contribution is -2.47. The Hall–Kier alpha value is -2.38. The molecule has 2 aromatic rings. The molecule has 1 saturated heterocycles. The molecule has 0 unspecified atom stereocenters. The van der Waals surface area contributed by atoms with Gasteiger partial charge in [-0.1, -0.05) is 18.2 Å².